The highest BCUT2D eigenvalue weighted by atomic mass is 16.5. The Hall–Kier alpha value is -1.92. The second-order valence-electron chi connectivity index (χ2n) is 9.97. The van der Waals surface area contributed by atoms with Crippen molar-refractivity contribution in [3.63, 3.8) is 0 Å². The maximum absolute atomic E-state index is 13.1. The van der Waals surface area contributed by atoms with E-state index in [2.05, 4.69) is 18.9 Å². The van der Waals surface area contributed by atoms with Crippen LogP contribution in [-0.2, 0) is 16.6 Å². The first-order chi connectivity index (χ1) is 14.3. The van der Waals surface area contributed by atoms with Crippen molar-refractivity contribution in [2.75, 3.05) is 20.1 Å². The van der Waals surface area contributed by atoms with Gasteiger partial charge >= 0.3 is 0 Å². The average molecular weight is 413 g/mol. The van der Waals surface area contributed by atoms with E-state index in [4.69, 9.17) is 10.5 Å². The molecule has 30 heavy (non-hydrogen) atoms. The number of nitrogens with zero attached hydrogens (tertiary/aromatic N) is 1. The number of aliphatic hydroxyl groups is 1. The van der Waals surface area contributed by atoms with Gasteiger partial charge in [-0.05, 0) is 69.2 Å². The van der Waals surface area contributed by atoms with Crippen molar-refractivity contribution in [3.8, 4) is 5.75 Å². The molecule has 2 saturated carbocycles. The van der Waals surface area contributed by atoms with Crippen molar-refractivity contribution in [1.82, 2.24) is 4.90 Å². The van der Waals surface area contributed by atoms with Crippen LogP contribution in [0, 0.1) is 11.8 Å². The van der Waals surface area contributed by atoms with Gasteiger partial charge in [0.15, 0.2) is 11.9 Å². The number of ether oxygens (including phenoxy) is 1. The van der Waals surface area contributed by atoms with Crippen molar-refractivity contribution >= 4 is 11.7 Å². The monoisotopic (exact) mass is 412 g/mol. The minimum atomic E-state index is -1.02. The molecule has 6 nitrogen and oxygen atoms in total. The predicted octanol–water partition coefficient (Wildman–Crippen LogP) is 2.19. The molecule has 3 aliphatic carbocycles. The molecule has 4 aliphatic rings. The lowest BCUT2D eigenvalue weighted by Crippen LogP contribution is -2.68. The van der Waals surface area contributed by atoms with E-state index >= 15 is 0 Å². The van der Waals surface area contributed by atoms with E-state index in [9.17, 15) is 14.7 Å². The van der Waals surface area contributed by atoms with E-state index in [0.717, 1.165) is 43.0 Å². The summed E-state index contributed by atoms with van der Waals surface area (Å²) in [6.45, 7) is 3.94. The Morgan fingerprint density at radius 1 is 1.37 bits per heavy atom. The number of rotatable bonds is 7. The van der Waals surface area contributed by atoms with Crippen LogP contribution < -0.4 is 10.5 Å². The third-order valence-electron chi connectivity index (χ3n) is 8.25. The second kappa shape index (κ2) is 6.79. The number of ketones is 1. The molecule has 0 radical (unpaired) electrons. The van der Waals surface area contributed by atoms with Crippen LogP contribution >= 0.6 is 0 Å². The first-order valence-electron chi connectivity index (χ1n) is 11.4. The summed E-state index contributed by atoms with van der Waals surface area (Å²) in [5, 5.41) is 12.2. The standard InChI is InChI=1S/C24H32N2O4/c1-3-16-12-15-6-7-17(22(25)28)20-19(15)23(10-11-26(2)13-14-4-5-14)21(30-20)18(27)8-9-24(16,23)29/h6-7,14,16,21,29H,3-5,8-13H2,1-2H3,(H2,25,28)/t16-,21+,23+,24-/m1/s1. The lowest BCUT2D eigenvalue weighted by Gasteiger charge is -2.57. The van der Waals surface area contributed by atoms with Crippen molar-refractivity contribution in [2.24, 2.45) is 17.6 Å². The third-order valence-corrected chi connectivity index (χ3v) is 8.25. The van der Waals surface area contributed by atoms with Gasteiger partial charge in [0.25, 0.3) is 5.91 Å². The zero-order valence-electron chi connectivity index (χ0n) is 17.9. The molecule has 0 unspecified atom stereocenters. The van der Waals surface area contributed by atoms with Crippen LogP contribution in [0.25, 0.3) is 0 Å². The smallest absolute Gasteiger partial charge is 0.252 e. The van der Waals surface area contributed by atoms with Crippen LogP contribution in [0.3, 0.4) is 0 Å². The summed E-state index contributed by atoms with van der Waals surface area (Å²) in [7, 11) is 2.12. The molecule has 1 aliphatic heterocycles. The van der Waals surface area contributed by atoms with Crippen LogP contribution in [0.4, 0.5) is 0 Å². The number of primary amides is 1. The van der Waals surface area contributed by atoms with Gasteiger partial charge in [0.05, 0.1) is 16.6 Å². The molecule has 4 atom stereocenters. The molecule has 0 saturated heterocycles. The molecular weight excluding hydrogens is 380 g/mol. The molecule has 3 N–H and O–H groups in total. The van der Waals surface area contributed by atoms with Crippen molar-refractivity contribution in [3.05, 3.63) is 28.8 Å². The summed E-state index contributed by atoms with van der Waals surface area (Å²) >= 11 is 0. The Morgan fingerprint density at radius 2 is 2.13 bits per heavy atom. The fourth-order valence-corrected chi connectivity index (χ4v) is 6.56. The first-order valence-corrected chi connectivity index (χ1v) is 11.4. The molecule has 162 valence electrons. The minimum absolute atomic E-state index is 0.0267. The molecule has 1 amide bonds. The molecule has 0 spiro atoms. The van der Waals surface area contributed by atoms with Crippen molar-refractivity contribution in [2.45, 2.75) is 69.0 Å². The number of nitrogens with two attached hydrogens (primary N) is 1. The van der Waals surface area contributed by atoms with E-state index < -0.39 is 23.0 Å². The van der Waals surface area contributed by atoms with E-state index in [1.807, 2.05) is 6.07 Å². The van der Waals surface area contributed by atoms with Crippen LogP contribution in [0.15, 0.2) is 12.1 Å². The van der Waals surface area contributed by atoms with Gasteiger partial charge in [-0.2, -0.15) is 0 Å². The van der Waals surface area contributed by atoms with Crippen LogP contribution in [0.1, 0.15) is 66.9 Å². The zero-order valence-corrected chi connectivity index (χ0v) is 17.9. The highest BCUT2D eigenvalue weighted by Crippen LogP contribution is 2.63. The van der Waals surface area contributed by atoms with Crippen LogP contribution in [0.5, 0.6) is 5.75 Å². The summed E-state index contributed by atoms with van der Waals surface area (Å²) in [6, 6.07) is 3.68. The second-order valence-corrected chi connectivity index (χ2v) is 9.97. The van der Waals surface area contributed by atoms with Gasteiger partial charge in [-0.25, -0.2) is 0 Å². The molecule has 1 heterocycles. The number of hydrogen-bond acceptors (Lipinski definition) is 5. The van der Waals surface area contributed by atoms with Crippen LogP contribution in [-0.4, -0.2) is 53.5 Å². The van der Waals surface area contributed by atoms with Crippen molar-refractivity contribution in [1.29, 1.82) is 0 Å². The number of carbonyl (C=O) groups is 2. The average Bonchev–Trinajstić information content (AvgIpc) is 3.45. The van der Waals surface area contributed by atoms with Crippen LogP contribution in [0.2, 0.25) is 0 Å². The number of amides is 1. The van der Waals surface area contributed by atoms with Crippen molar-refractivity contribution < 1.29 is 19.4 Å². The maximum Gasteiger partial charge on any atom is 0.252 e. The van der Waals surface area contributed by atoms with E-state index in [1.165, 1.54) is 12.8 Å². The number of benzene rings is 1. The lowest BCUT2D eigenvalue weighted by molar-refractivity contribution is -0.167. The number of hydrogen-bond donors (Lipinski definition) is 2. The van der Waals surface area contributed by atoms with E-state index in [-0.39, 0.29) is 11.7 Å². The summed E-state index contributed by atoms with van der Waals surface area (Å²) < 4.78 is 6.27. The normalized spacial score (nSPS) is 34.1. The van der Waals surface area contributed by atoms with Gasteiger partial charge < -0.3 is 20.5 Å². The molecule has 2 fully saturated rings. The Balaban J connectivity index is 1.66. The van der Waals surface area contributed by atoms with Gasteiger partial charge in [0.1, 0.15) is 5.75 Å². The van der Waals surface area contributed by atoms with Gasteiger partial charge in [0.2, 0.25) is 0 Å². The highest BCUT2D eigenvalue weighted by Gasteiger charge is 2.70. The Labute approximate surface area is 177 Å². The van der Waals surface area contributed by atoms with E-state index in [1.54, 1.807) is 6.07 Å². The molecule has 6 heteroatoms. The van der Waals surface area contributed by atoms with Gasteiger partial charge in [-0.3, -0.25) is 9.59 Å². The quantitative estimate of drug-likeness (QED) is 0.716. The molecule has 1 aromatic carbocycles. The zero-order chi connectivity index (χ0) is 21.3. The fraction of sp³-hybridized carbons (Fsp3) is 0.667. The SMILES string of the molecule is CC[C@@H]1Cc2ccc(C(N)=O)c3c2[C@@]2(CCN(C)CC4CC4)[C@@H](O3)C(=O)CC[C@@]12O. The third kappa shape index (κ3) is 2.62. The van der Waals surface area contributed by atoms with Gasteiger partial charge in [-0.1, -0.05) is 19.4 Å². The Morgan fingerprint density at radius 3 is 2.80 bits per heavy atom. The summed E-state index contributed by atoms with van der Waals surface area (Å²) in [5.74, 6) is 0.747. The predicted molar refractivity (Wildman–Crippen MR) is 113 cm³/mol. The molecule has 0 bridgehead atoms. The Kier molecular flexibility index (Phi) is 4.53. The molecule has 0 aromatic heterocycles. The summed E-state index contributed by atoms with van der Waals surface area (Å²) in [4.78, 5) is 27.6. The van der Waals surface area contributed by atoms with Gasteiger partial charge in [-0.15, -0.1) is 0 Å². The highest BCUT2D eigenvalue weighted by molar-refractivity contribution is 5.98. The van der Waals surface area contributed by atoms with E-state index in [0.29, 0.717) is 30.6 Å². The minimum Gasteiger partial charge on any atom is -0.480 e. The lowest BCUT2D eigenvalue weighted by atomic mass is 9.48. The largest absolute Gasteiger partial charge is 0.480 e. The fourth-order valence-electron chi connectivity index (χ4n) is 6.56. The number of Topliss-reactive ketones (excluding diaryl/α,β-unsaturated/α-hetero) is 1. The van der Waals surface area contributed by atoms with Gasteiger partial charge in [0, 0.05) is 18.5 Å². The number of carbonyl (C=O) groups excluding carboxylic acids is 2. The topological polar surface area (TPSA) is 92.9 Å². The Bertz CT molecular complexity index is 911. The molecular formula is C24H32N2O4. The first kappa shape index (κ1) is 20.0. The molecule has 5 rings (SSSR count). The summed E-state index contributed by atoms with van der Waals surface area (Å²) in [5.41, 5.74) is 6.11. The summed E-state index contributed by atoms with van der Waals surface area (Å²) in [6.07, 6.45) is 4.81. The molecule has 1 aromatic rings. The maximum atomic E-state index is 13.1.